The molecule has 2 aliphatic carbocycles. The molecule has 6 nitrogen and oxygen atoms in total. The van der Waals surface area contributed by atoms with E-state index < -0.39 is 47.0 Å². The van der Waals surface area contributed by atoms with E-state index in [0.717, 1.165) is 18.3 Å². The summed E-state index contributed by atoms with van der Waals surface area (Å²) < 4.78 is 72.8. The quantitative estimate of drug-likeness (QED) is 0.551. The van der Waals surface area contributed by atoms with Gasteiger partial charge in [-0.05, 0) is 50.3 Å². The number of aromatic nitrogens is 1. The van der Waals surface area contributed by atoms with Crippen molar-refractivity contribution in [3.63, 3.8) is 0 Å². The van der Waals surface area contributed by atoms with Crippen LogP contribution in [0, 0.1) is 23.0 Å². The molecule has 0 aliphatic heterocycles. The summed E-state index contributed by atoms with van der Waals surface area (Å²) in [6.07, 6.45) is -2.42. The molecular weight excluding hydrogens is 473 g/mol. The number of pyridine rings is 1. The number of nitrogens with one attached hydrogen (secondary N) is 2. The second kappa shape index (κ2) is 9.43. The zero-order chi connectivity index (χ0) is 25.4. The highest BCUT2D eigenvalue weighted by Gasteiger charge is 2.68. The van der Waals surface area contributed by atoms with Crippen molar-refractivity contribution in [2.24, 2.45) is 11.3 Å². The number of nitrogens with zero attached hydrogens (tertiary/aromatic N) is 1. The highest BCUT2D eigenvalue weighted by Crippen LogP contribution is 2.57. The number of hydrogen-bond donors (Lipinski definition) is 2. The minimum absolute atomic E-state index is 0.0443. The van der Waals surface area contributed by atoms with Crippen molar-refractivity contribution in [1.82, 2.24) is 10.3 Å². The standard InChI is InChI=1S/C24H24F5N3O3/c1-35-19-10-14(25)5-6-16(19)17-11-20(30-12-18(17)26)32-21(33)13-3-2-4-15(9-13)31-22(34)23(7-8-23)24(27,28)29/h5-6,10-13,15H,2-4,7-9H2,1H3,(H,31,34)(H,30,32,33)/t13-,15+/m0/s1. The molecule has 11 heteroatoms. The molecule has 0 saturated heterocycles. The predicted molar refractivity (Wildman–Crippen MR) is 116 cm³/mol. The Morgan fingerprint density at radius 2 is 1.86 bits per heavy atom. The zero-order valence-corrected chi connectivity index (χ0v) is 18.8. The van der Waals surface area contributed by atoms with Gasteiger partial charge in [-0.3, -0.25) is 9.59 Å². The molecule has 0 radical (unpaired) electrons. The maximum Gasteiger partial charge on any atom is 0.403 e. The third-order valence-electron chi connectivity index (χ3n) is 6.67. The van der Waals surface area contributed by atoms with Gasteiger partial charge in [0.25, 0.3) is 0 Å². The molecule has 2 aliphatic rings. The number of ether oxygens (including phenoxy) is 1. The van der Waals surface area contributed by atoms with Crippen LogP contribution >= 0.6 is 0 Å². The number of alkyl halides is 3. The summed E-state index contributed by atoms with van der Waals surface area (Å²) in [4.78, 5) is 29.0. The molecule has 2 amide bonds. The van der Waals surface area contributed by atoms with Crippen LogP contribution in [0.4, 0.5) is 27.8 Å². The van der Waals surface area contributed by atoms with E-state index in [-0.39, 0.29) is 42.0 Å². The topological polar surface area (TPSA) is 80.3 Å². The van der Waals surface area contributed by atoms with Gasteiger partial charge in [0.1, 0.15) is 28.6 Å². The molecule has 2 fully saturated rings. The van der Waals surface area contributed by atoms with Crippen molar-refractivity contribution >= 4 is 17.6 Å². The van der Waals surface area contributed by atoms with Gasteiger partial charge in [-0.25, -0.2) is 13.8 Å². The van der Waals surface area contributed by atoms with Crippen LogP contribution < -0.4 is 15.4 Å². The average molecular weight is 497 g/mol. The molecule has 0 unspecified atom stereocenters. The summed E-state index contributed by atoms with van der Waals surface area (Å²) in [7, 11) is 1.32. The van der Waals surface area contributed by atoms with E-state index in [1.807, 2.05) is 0 Å². The lowest BCUT2D eigenvalue weighted by molar-refractivity contribution is -0.192. The Hall–Kier alpha value is -3.24. The lowest BCUT2D eigenvalue weighted by Gasteiger charge is -2.30. The number of halogens is 5. The summed E-state index contributed by atoms with van der Waals surface area (Å²) in [6.45, 7) is 0. The summed E-state index contributed by atoms with van der Waals surface area (Å²) in [5, 5.41) is 5.10. The number of methoxy groups -OCH3 is 1. The average Bonchev–Trinajstić information content (AvgIpc) is 3.63. The van der Waals surface area contributed by atoms with Crippen LogP contribution in [0.3, 0.4) is 0 Å². The van der Waals surface area contributed by atoms with E-state index in [1.165, 1.54) is 19.2 Å². The first-order chi connectivity index (χ1) is 16.5. The molecule has 0 spiro atoms. The van der Waals surface area contributed by atoms with Gasteiger partial charge in [0.05, 0.1) is 13.3 Å². The Morgan fingerprint density at radius 1 is 1.11 bits per heavy atom. The van der Waals surface area contributed by atoms with Crippen molar-refractivity contribution < 1.29 is 36.3 Å². The Bertz CT molecular complexity index is 1130. The largest absolute Gasteiger partial charge is 0.496 e. The van der Waals surface area contributed by atoms with Gasteiger partial charge in [-0.1, -0.05) is 6.42 Å². The van der Waals surface area contributed by atoms with E-state index >= 15 is 0 Å². The van der Waals surface area contributed by atoms with Crippen molar-refractivity contribution in [3.8, 4) is 16.9 Å². The molecule has 4 rings (SSSR count). The molecule has 1 heterocycles. The summed E-state index contributed by atoms with van der Waals surface area (Å²) >= 11 is 0. The lowest BCUT2D eigenvalue weighted by Crippen LogP contribution is -2.47. The number of benzene rings is 1. The van der Waals surface area contributed by atoms with Gasteiger partial charge in [-0.15, -0.1) is 0 Å². The Kier molecular flexibility index (Phi) is 6.70. The molecule has 188 valence electrons. The molecule has 35 heavy (non-hydrogen) atoms. The van der Waals surface area contributed by atoms with E-state index in [2.05, 4.69) is 15.6 Å². The second-order valence-corrected chi connectivity index (χ2v) is 9.00. The zero-order valence-electron chi connectivity index (χ0n) is 18.8. The Labute approximate surface area is 198 Å². The second-order valence-electron chi connectivity index (χ2n) is 9.00. The number of anilines is 1. The maximum absolute atomic E-state index is 14.5. The van der Waals surface area contributed by atoms with Crippen molar-refractivity contribution in [3.05, 3.63) is 42.1 Å². The van der Waals surface area contributed by atoms with E-state index in [1.54, 1.807) is 0 Å². The van der Waals surface area contributed by atoms with Crippen molar-refractivity contribution in [2.45, 2.75) is 50.7 Å². The summed E-state index contributed by atoms with van der Waals surface area (Å²) in [5.41, 5.74) is -2.00. The highest BCUT2D eigenvalue weighted by molar-refractivity contribution is 5.92. The fourth-order valence-electron chi connectivity index (χ4n) is 4.48. The normalized spacial score (nSPS) is 21.2. The molecule has 2 atom stereocenters. The van der Waals surface area contributed by atoms with Gasteiger partial charge in [-0.2, -0.15) is 13.2 Å². The number of carbonyl (C=O) groups is 2. The molecule has 0 bridgehead atoms. The Balaban J connectivity index is 1.44. The number of rotatable bonds is 6. The first-order valence-electron chi connectivity index (χ1n) is 11.2. The van der Waals surface area contributed by atoms with Gasteiger partial charge >= 0.3 is 6.18 Å². The van der Waals surface area contributed by atoms with Gasteiger partial charge in [0.2, 0.25) is 11.8 Å². The minimum atomic E-state index is -4.60. The number of carbonyl (C=O) groups excluding carboxylic acids is 2. The first kappa shape index (κ1) is 24.9. The molecule has 2 aromatic rings. The molecular formula is C24H24F5N3O3. The van der Waals surface area contributed by atoms with E-state index in [0.29, 0.717) is 19.3 Å². The van der Waals surface area contributed by atoms with Crippen LogP contribution in [0.15, 0.2) is 30.5 Å². The minimum Gasteiger partial charge on any atom is -0.496 e. The summed E-state index contributed by atoms with van der Waals surface area (Å²) in [5.74, 6) is -3.14. The van der Waals surface area contributed by atoms with Gasteiger partial charge in [0, 0.05) is 29.2 Å². The molecule has 2 N–H and O–H groups in total. The molecule has 2 saturated carbocycles. The van der Waals surface area contributed by atoms with Gasteiger partial charge in [0.15, 0.2) is 0 Å². The Morgan fingerprint density at radius 3 is 2.51 bits per heavy atom. The highest BCUT2D eigenvalue weighted by atomic mass is 19.4. The fraction of sp³-hybridized carbons (Fsp3) is 0.458. The van der Waals surface area contributed by atoms with Crippen molar-refractivity contribution in [1.29, 1.82) is 0 Å². The third kappa shape index (κ3) is 5.08. The van der Waals surface area contributed by atoms with E-state index in [4.69, 9.17) is 4.74 Å². The van der Waals surface area contributed by atoms with Crippen LogP contribution in [-0.4, -0.2) is 36.1 Å². The van der Waals surface area contributed by atoms with Crippen LogP contribution in [0.5, 0.6) is 5.75 Å². The summed E-state index contributed by atoms with van der Waals surface area (Å²) in [6, 6.07) is 4.35. The molecule has 1 aromatic carbocycles. The SMILES string of the molecule is COc1cc(F)ccc1-c1cc(NC(=O)[C@H]2CCC[C@@H](NC(=O)C3(C(F)(F)F)CC3)C2)ncc1F. The third-order valence-corrected chi connectivity index (χ3v) is 6.67. The van der Waals surface area contributed by atoms with Crippen LogP contribution in [0.2, 0.25) is 0 Å². The fourth-order valence-corrected chi connectivity index (χ4v) is 4.48. The lowest BCUT2D eigenvalue weighted by atomic mass is 9.84. The van der Waals surface area contributed by atoms with Crippen molar-refractivity contribution in [2.75, 3.05) is 12.4 Å². The molecule has 1 aromatic heterocycles. The maximum atomic E-state index is 14.5. The van der Waals surface area contributed by atoms with Crippen LogP contribution in [0.1, 0.15) is 38.5 Å². The number of hydrogen-bond acceptors (Lipinski definition) is 4. The van der Waals surface area contributed by atoms with Crippen LogP contribution in [0.25, 0.3) is 11.1 Å². The first-order valence-corrected chi connectivity index (χ1v) is 11.2. The monoisotopic (exact) mass is 497 g/mol. The van der Waals surface area contributed by atoms with E-state index in [9.17, 15) is 31.5 Å². The predicted octanol–water partition coefficient (Wildman–Crippen LogP) is 4.99. The number of amides is 2. The smallest absolute Gasteiger partial charge is 0.403 e. The van der Waals surface area contributed by atoms with Gasteiger partial charge < -0.3 is 15.4 Å². The van der Waals surface area contributed by atoms with Crippen LogP contribution in [-0.2, 0) is 9.59 Å².